The molecule has 1 heterocycles. The van der Waals surface area contributed by atoms with Crippen molar-refractivity contribution in [1.82, 2.24) is 14.9 Å². The number of aryl methyl sites for hydroxylation is 1. The molecule has 2 N–H and O–H groups in total. The van der Waals surface area contributed by atoms with E-state index in [0.717, 1.165) is 6.42 Å². The van der Waals surface area contributed by atoms with Crippen molar-refractivity contribution in [3.05, 3.63) is 11.9 Å². The number of halogens is 1. The molecule has 0 saturated carbocycles. The fourth-order valence-corrected chi connectivity index (χ4v) is 2.49. The van der Waals surface area contributed by atoms with Crippen LogP contribution in [0.2, 0.25) is 0 Å². The molecule has 5 nitrogen and oxygen atoms in total. The zero-order chi connectivity index (χ0) is 11.5. The number of rotatable bonds is 5. The van der Waals surface area contributed by atoms with Gasteiger partial charge in [0.1, 0.15) is 4.90 Å². The Morgan fingerprint density at radius 2 is 2.33 bits per heavy atom. The summed E-state index contributed by atoms with van der Waals surface area (Å²) < 4.78 is 25.9. The average molecular weight is 296 g/mol. The molecule has 1 aromatic heterocycles. The Morgan fingerprint density at radius 1 is 1.67 bits per heavy atom. The molecule has 7 heteroatoms. The topological polar surface area (TPSA) is 74.8 Å². The molecule has 1 rings (SSSR count). The Hall–Kier alpha value is -0.400. The van der Waals surface area contributed by atoms with E-state index in [-0.39, 0.29) is 4.90 Å². The summed E-state index contributed by atoms with van der Waals surface area (Å²) in [6, 6.07) is 0. The summed E-state index contributed by atoms with van der Waals surface area (Å²) in [5.41, 5.74) is 0.550. The predicted molar refractivity (Wildman–Crippen MR) is 61.5 cm³/mol. The highest BCUT2D eigenvalue weighted by Gasteiger charge is 2.17. The van der Waals surface area contributed by atoms with Crippen LogP contribution in [0.4, 0.5) is 0 Å². The minimum Gasteiger partial charge on any atom is -0.281 e. The highest BCUT2D eigenvalue weighted by atomic mass is 79.9. The second kappa shape index (κ2) is 5.09. The normalized spacial score (nSPS) is 14.1. The van der Waals surface area contributed by atoms with Gasteiger partial charge in [-0.15, -0.1) is 0 Å². The van der Waals surface area contributed by atoms with Crippen LogP contribution in [-0.4, -0.2) is 30.0 Å². The maximum Gasteiger partial charge on any atom is 0.243 e. The molecule has 1 aromatic rings. The first-order chi connectivity index (χ1) is 6.93. The van der Waals surface area contributed by atoms with Crippen molar-refractivity contribution in [3.8, 4) is 0 Å². The molecule has 0 spiro atoms. The Labute approximate surface area is 97.8 Å². The third-order valence-corrected chi connectivity index (χ3v) is 3.94. The molecule has 0 radical (unpaired) electrons. The summed E-state index contributed by atoms with van der Waals surface area (Å²) in [4.78, 5) is 0.510. The number of hydrogen-bond donors (Lipinski definition) is 2. The molecule has 0 fully saturated rings. The van der Waals surface area contributed by atoms with Gasteiger partial charge >= 0.3 is 0 Å². The second-order valence-electron chi connectivity index (χ2n) is 3.33. The van der Waals surface area contributed by atoms with Crippen LogP contribution in [0.25, 0.3) is 0 Å². The lowest BCUT2D eigenvalue weighted by Gasteiger charge is -2.06. The summed E-state index contributed by atoms with van der Waals surface area (Å²) >= 11 is 3.35. The number of aromatic amines is 1. The molecular formula is C8H14BrN3O2S. The van der Waals surface area contributed by atoms with Crippen LogP contribution >= 0.6 is 15.9 Å². The summed E-state index contributed by atoms with van der Waals surface area (Å²) in [6.07, 6.45) is 2.06. The molecule has 0 amide bonds. The van der Waals surface area contributed by atoms with Gasteiger partial charge in [0.05, 0.1) is 11.9 Å². The van der Waals surface area contributed by atoms with Crippen molar-refractivity contribution < 1.29 is 8.42 Å². The molecule has 1 atom stereocenters. The van der Waals surface area contributed by atoms with Gasteiger partial charge in [-0.25, -0.2) is 13.1 Å². The second-order valence-corrected chi connectivity index (χ2v) is 6.63. The fourth-order valence-electron chi connectivity index (χ4n) is 1.08. The Balaban J connectivity index is 2.65. The lowest BCUT2D eigenvalue weighted by molar-refractivity contribution is 0.578. The molecule has 0 aliphatic carbocycles. The molecule has 0 aromatic carbocycles. The zero-order valence-corrected chi connectivity index (χ0v) is 11.0. The minimum atomic E-state index is -3.41. The van der Waals surface area contributed by atoms with Crippen LogP contribution in [-0.2, 0) is 10.0 Å². The molecular weight excluding hydrogens is 282 g/mol. The third-order valence-electron chi connectivity index (χ3n) is 1.91. The Morgan fingerprint density at radius 3 is 2.80 bits per heavy atom. The maximum absolute atomic E-state index is 11.7. The Kier molecular flexibility index (Phi) is 4.30. The van der Waals surface area contributed by atoms with E-state index in [1.165, 1.54) is 6.20 Å². The highest BCUT2D eigenvalue weighted by Crippen LogP contribution is 2.11. The van der Waals surface area contributed by atoms with Crippen molar-refractivity contribution in [1.29, 1.82) is 0 Å². The van der Waals surface area contributed by atoms with E-state index in [2.05, 4.69) is 30.8 Å². The van der Waals surface area contributed by atoms with Gasteiger partial charge in [0, 0.05) is 11.4 Å². The number of hydrogen-bond acceptors (Lipinski definition) is 3. The Bertz CT molecular complexity index is 413. The molecule has 0 aliphatic rings. The van der Waals surface area contributed by atoms with Crippen LogP contribution in [0, 0.1) is 6.92 Å². The smallest absolute Gasteiger partial charge is 0.243 e. The number of alkyl halides is 1. The SMILES string of the molecule is Cc1[nH]ncc1S(=O)(=O)NCCC(C)Br. The van der Waals surface area contributed by atoms with Gasteiger partial charge in [-0.2, -0.15) is 5.10 Å². The van der Waals surface area contributed by atoms with E-state index in [1.807, 2.05) is 6.92 Å². The third kappa shape index (κ3) is 3.58. The summed E-state index contributed by atoms with van der Waals surface area (Å²) in [7, 11) is -3.41. The maximum atomic E-state index is 11.7. The van der Waals surface area contributed by atoms with Crippen molar-refractivity contribution in [3.63, 3.8) is 0 Å². The summed E-state index contributed by atoms with van der Waals surface area (Å²) in [6.45, 7) is 4.06. The van der Waals surface area contributed by atoms with Gasteiger partial charge < -0.3 is 0 Å². The van der Waals surface area contributed by atoms with Crippen molar-refractivity contribution >= 4 is 26.0 Å². The van der Waals surface area contributed by atoms with Gasteiger partial charge in [-0.05, 0) is 13.3 Å². The van der Waals surface area contributed by atoms with E-state index in [9.17, 15) is 8.42 Å². The van der Waals surface area contributed by atoms with E-state index < -0.39 is 10.0 Å². The molecule has 1 unspecified atom stereocenters. The van der Waals surface area contributed by atoms with Gasteiger partial charge in [0.2, 0.25) is 10.0 Å². The van der Waals surface area contributed by atoms with E-state index in [1.54, 1.807) is 6.92 Å². The van der Waals surface area contributed by atoms with Gasteiger partial charge in [0.15, 0.2) is 0 Å². The van der Waals surface area contributed by atoms with Crippen molar-refractivity contribution in [2.24, 2.45) is 0 Å². The summed E-state index contributed by atoms with van der Waals surface area (Å²) in [5.74, 6) is 0. The fraction of sp³-hybridized carbons (Fsp3) is 0.625. The number of nitrogens with one attached hydrogen (secondary N) is 2. The predicted octanol–water partition coefficient (Wildman–Crippen LogP) is 1.17. The average Bonchev–Trinajstić information content (AvgIpc) is 2.50. The van der Waals surface area contributed by atoms with Gasteiger partial charge in [0.25, 0.3) is 0 Å². The monoisotopic (exact) mass is 295 g/mol. The first-order valence-corrected chi connectivity index (χ1v) is 6.97. The standard InChI is InChI=1S/C8H14BrN3O2S/c1-6(9)3-4-11-15(13,14)8-5-10-12-7(8)2/h5-6,11H,3-4H2,1-2H3,(H,10,12). The highest BCUT2D eigenvalue weighted by molar-refractivity contribution is 9.09. The van der Waals surface area contributed by atoms with E-state index >= 15 is 0 Å². The van der Waals surface area contributed by atoms with Crippen LogP contribution in [0.5, 0.6) is 0 Å². The molecule has 0 saturated heterocycles. The summed E-state index contributed by atoms with van der Waals surface area (Å²) in [5, 5.41) is 6.27. The first kappa shape index (κ1) is 12.7. The van der Waals surface area contributed by atoms with Crippen molar-refractivity contribution in [2.75, 3.05) is 6.54 Å². The quantitative estimate of drug-likeness (QED) is 0.801. The molecule has 0 aliphatic heterocycles. The van der Waals surface area contributed by atoms with Crippen molar-refractivity contribution in [2.45, 2.75) is 30.0 Å². The first-order valence-electron chi connectivity index (χ1n) is 4.57. The van der Waals surface area contributed by atoms with Crippen LogP contribution in [0.15, 0.2) is 11.1 Å². The number of H-pyrrole nitrogens is 1. The lowest BCUT2D eigenvalue weighted by atomic mass is 10.3. The molecule has 86 valence electrons. The van der Waals surface area contributed by atoms with Gasteiger partial charge in [-0.3, -0.25) is 5.10 Å². The zero-order valence-electron chi connectivity index (χ0n) is 8.62. The largest absolute Gasteiger partial charge is 0.281 e. The lowest BCUT2D eigenvalue weighted by Crippen LogP contribution is -2.26. The molecule has 15 heavy (non-hydrogen) atoms. The minimum absolute atomic E-state index is 0.213. The number of nitrogens with zero attached hydrogens (tertiary/aromatic N) is 1. The van der Waals surface area contributed by atoms with Crippen LogP contribution in [0.1, 0.15) is 19.0 Å². The van der Waals surface area contributed by atoms with Crippen LogP contribution < -0.4 is 4.72 Å². The van der Waals surface area contributed by atoms with E-state index in [0.29, 0.717) is 17.1 Å². The van der Waals surface area contributed by atoms with E-state index in [4.69, 9.17) is 0 Å². The molecule has 0 bridgehead atoms. The number of sulfonamides is 1. The van der Waals surface area contributed by atoms with Gasteiger partial charge in [-0.1, -0.05) is 22.9 Å². The number of aromatic nitrogens is 2. The van der Waals surface area contributed by atoms with Crippen LogP contribution in [0.3, 0.4) is 0 Å².